The Morgan fingerprint density at radius 3 is 2.41 bits per heavy atom. The third-order valence-electron chi connectivity index (χ3n) is 2.36. The molecule has 0 aliphatic rings. The molecule has 0 aliphatic heterocycles. The Hall–Kier alpha value is -1.84. The lowest BCUT2D eigenvalue weighted by Gasteiger charge is -2.04. The second kappa shape index (κ2) is 7.44. The standard InChI is InChI=1S/C13H18N2O2/c1-4-11-5-7-12(8-6-11)13(15-17-3)9-10-14-16-2/h5-8,10H,4,9H2,1-3H3/b14-10+,15-13-. The van der Waals surface area contributed by atoms with Crippen LogP contribution in [0.2, 0.25) is 0 Å². The van der Waals surface area contributed by atoms with Gasteiger partial charge in [-0.05, 0) is 17.5 Å². The van der Waals surface area contributed by atoms with E-state index < -0.39 is 0 Å². The molecule has 0 amide bonds. The molecule has 0 spiro atoms. The Bertz CT molecular complexity index is 383. The SMILES string of the molecule is CCc1ccc(/C(C/C=N/OC)=N\OC)cc1. The van der Waals surface area contributed by atoms with E-state index in [-0.39, 0.29) is 0 Å². The van der Waals surface area contributed by atoms with Crippen LogP contribution in [0.1, 0.15) is 24.5 Å². The van der Waals surface area contributed by atoms with Crippen LogP contribution in [0.25, 0.3) is 0 Å². The molecule has 0 heterocycles. The van der Waals surface area contributed by atoms with E-state index in [1.54, 1.807) is 6.21 Å². The zero-order chi connectivity index (χ0) is 12.5. The average Bonchev–Trinajstić information content (AvgIpc) is 2.38. The van der Waals surface area contributed by atoms with Crippen LogP contribution in [0.3, 0.4) is 0 Å². The first-order chi connectivity index (χ1) is 8.31. The number of aryl methyl sites for hydroxylation is 1. The predicted octanol–water partition coefficient (Wildman–Crippen LogP) is 2.62. The largest absolute Gasteiger partial charge is 0.399 e. The van der Waals surface area contributed by atoms with Crippen molar-refractivity contribution < 1.29 is 9.68 Å². The maximum Gasteiger partial charge on any atom is 0.106 e. The molecule has 0 atom stereocenters. The molecular weight excluding hydrogens is 216 g/mol. The molecule has 0 aliphatic carbocycles. The summed E-state index contributed by atoms with van der Waals surface area (Å²) < 4.78 is 0. The Kier molecular flexibility index (Phi) is 5.79. The monoisotopic (exact) mass is 234 g/mol. The fourth-order valence-electron chi connectivity index (χ4n) is 1.45. The molecule has 0 fully saturated rings. The number of benzene rings is 1. The van der Waals surface area contributed by atoms with Gasteiger partial charge in [-0.1, -0.05) is 41.5 Å². The molecule has 0 saturated heterocycles. The number of hydrogen-bond donors (Lipinski definition) is 0. The third kappa shape index (κ3) is 4.26. The minimum absolute atomic E-state index is 0.577. The van der Waals surface area contributed by atoms with Crippen LogP contribution in [0, 0.1) is 0 Å². The first-order valence-corrected chi connectivity index (χ1v) is 5.56. The molecule has 0 unspecified atom stereocenters. The van der Waals surface area contributed by atoms with E-state index >= 15 is 0 Å². The lowest BCUT2D eigenvalue weighted by atomic mass is 10.0. The summed E-state index contributed by atoms with van der Waals surface area (Å²) in [5.74, 6) is 0. The maximum absolute atomic E-state index is 4.83. The van der Waals surface area contributed by atoms with Crippen molar-refractivity contribution in [1.82, 2.24) is 0 Å². The fourth-order valence-corrected chi connectivity index (χ4v) is 1.45. The zero-order valence-corrected chi connectivity index (χ0v) is 10.5. The molecule has 92 valence electrons. The highest BCUT2D eigenvalue weighted by Crippen LogP contribution is 2.08. The Morgan fingerprint density at radius 1 is 1.18 bits per heavy atom. The average molecular weight is 234 g/mol. The van der Waals surface area contributed by atoms with Crippen LogP contribution in [0.4, 0.5) is 0 Å². The highest BCUT2D eigenvalue weighted by Gasteiger charge is 2.03. The van der Waals surface area contributed by atoms with Crippen LogP contribution in [0.15, 0.2) is 34.6 Å². The first-order valence-electron chi connectivity index (χ1n) is 5.56. The Labute approximate surface area is 102 Å². The summed E-state index contributed by atoms with van der Waals surface area (Å²) in [5, 5.41) is 7.68. The van der Waals surface area contributed by atoms with Crippen molar-refractivity contribution >= 4 is 11.9 Å². The van der Waals surface area contributed by atoms with Crippen LogP contribution in [-0.2, 0) is 16.1 Å². The van der Waals surface area contributed by atoms with E-state index in [1.807, 2.05) is 12.1 Å². The summed E-state index contributed by atoms with van der Waals surface area (Å²) >= 11 is 0. The van der Waals surface area contributed by atoms with Gasteiger partial charge in [-0.2, -0.15) is 0 Å². The molecule has 17 heavy (non-hydrogen) atoms. The second-order valence-electron chi connectivity index (χ2n) is 3.45. The third-order valence-corrected chi connectivity index (χ3v) is 2.36. The number of hydrogen-bond acceptors (Lipinski definition) is 4. The number of oxime groups is 2. The summed E-state index contributed by atoms with van der Waals surface area (Å²) in [6.45, 7) is 2.13. The van der Waals surface area contributed by atoms with Gasteiger partial charge >= 0.3 is 0 Å². The summed E-state index contributed by atoms with van der Waals surface area (Å²) in [6, 6.07) is 8.26. The Morgan fingerprint density at radius 2 is 1.88 bits per heavy atom. The zero-order valence-electron chi connectivity index (χ0n) is 10.5. The van der Waals surface area contributed by atoms with Gasteiger partial charge in [0.1, 0.15) is 14.2 Å². The van der Waals surface area contributed by atoms with E-state index in [1.165, 1.54) is 19.8 Å². The normalized spacial score (nSPS) is 11.8. The molecule has 0 aromatic heterocycles. The van der Waals surface area contributed by atoms with Gasteiger partial charge in [-0.3, -0.25) is 0 Å². The molecule has 0 saturated carbocycles. The van der Waals surface area contributed by atoms with Crippen molar-refractivity contribution in [2.24, 2.45) is 10.3 Å². The molecule has 1 aromatic rings. The van der Waals surface area contributed by atoms with Crippen LogP contribution >= 0.6 is 0 Å². The minimum Gasteiger partial charge on any atom is -0.399 e. The molecule has 1 aromatic carbocycles. The maximum atomic E-state index is 4.83. The van der Waals surface area contributed by atoms with E-state index in [2.05, 4.69) is 34.2 Å². The second-order valence-corrected chi connectivity index (χ2v) is 3.45. The summed E-state index contributed by atoms with van der Waals surface area (Å²) in [5.41, 5.74) is 3.17. The minimum atomic E-state index is 0.577. The molecule has 0 radical (unpaired) electrons. The van der Waals surface area contributed by atoms with Gasteiger partial charge in [0.05, 0.1) is 5.71 Å². The van der Waals surface area contributed by atoms with Gasteiger partial charge in [0.2, 0.25) is 0 Å². The van der Waals surface area contributed by atoms with Gasteiger partial charge in [0.15, 0.2) is 0 Å². The van der Waals surface area contributed by atoms with Crippen molar-refractivity contribution in [3.8, 4) is 0 Å². The number of nitrogens with zero attached hydrogens (tertiary/aromatic N) is 2. The topological polar surface area (TPSA) is 43.2 Å². The van der Waals surface area contributed by atoms with Gasteiger partial charge < -0.3 is 9.68 Å². The van der Waals surface area contributed by atoms with Crippen molar-refractivity contribution in [2.45, 2.75) is 19.8 Å². The van der Waals surface area contributed by atoms with E-state index in [0.717, 1.165) is 17.7 Å². The Balaban J connectivity index is 2.82. The highest BCUT2D eigenvalue weighted by atomic mass is 16.6. The van der Waals surface area contributed by atoms with E-state index in [0.29, 0.717) is 6.42 Å². The lowest BCUT2D eigenvalue weighted by molar-refractivity contribution is 0.212. The van der Waals surface area contributed by atoms with Crippen LogP contribution < -0.4 is 0 Å². The van der Waals surface area contributed by atoms with Gasteiger partial charge in [0.25, 0.3) is 0 Å². The van der Waals surface area contributed by atoms with E-state index in [9.17, 15) is 0 Å². The van der Waals surface area contributed by atoms with Crippen molar-refractivity contribution in [2.75, 3.05) is 14.2 Å². The first kappa shape index (κ1) is 13.2. The van der Waals surface area contributed by atoms with Crippen molar-refractivity contribution in [3.63, 3.8) is 0 Å². The molecule has 4 heteroatoms. The summed E-state index contributed by atoms with van der Waals surface area (Å²) in [7, 11) is 3.05. The van der Waals surface area contributed by atoms with Gasteiger partial charge in [0, 0.05) is 12.6 Å². The molecule has 1 rings (SSSR count). The quantitative estimate of drug-likeness (QED) is 0.561. The molecule has 4 nitrogen and oxygen atoms in total. The summed E-state index contributed by atoms with van der Waals surface area (Å²) in [4.78, 5) is 9.45. The summed E-state index contributed by atoms with van der Waals surface area (Å²) in [6.07, 6.45) is 3.26. The molecular formula is C13H18N2O2. The van der Waals surface area contributed by atoms with Crippen molar-refractivity contribution in [1.29, 1.82) is 0 Å². The molecule has 0 N–H and O–H groups in total. The smallest absolute Gasteiger partial charge is 0.106 e. The van der Waals surface area contributed by atoms with Gasteiger partial charge in [-0.25, -0.2) is 0 Å². The predicted molar refractivity (Wildman–Crippen MR) is 69.5 cm³/mol. The highest BCUT2D eigenvalue weighted by molar-refractivity contribution is 6.06. The lowest BCUT2D eigenvalue weighted by Crippen LogP contribution is -2.03. The molecule has 0 bridgehead atoms. The van der Waals surface area contributed by atoms with Crippen LogP contribution in [-0.4, -0.2) is 26.1 Å². The van der Waals surface area contributed by atoms with Crippen LogP contribution in [0.5, 0.6) is 0 Å². The van der Waals surface area contributed by atoms with E-state index in [4.69, 9.17) is 4.84 Å². The fraction of sp³-hybridized carbons (Fsp3) is 0.385. The van der Waals surface area contributed by atoms with Crippen molar-refractivity contribution in [3.05, 3.63) is 35.4 Å². The van der Waals surface area contributed by atoms with Gasteiger partial charge in [-0.15, -0.1) is 0 Å². The number of rotatable bonds is 6.